The van der Waals surface area contributed by atoms with Crippen molar-refractivity contribution in [1.82, 2.24) is 0 Å². The van der Waals surface area contributed by atoms with Crippen LogP contribution in [0.3, 0.4) is 0 Å². The second-order valence-corrected chi connectivity index (χ2v) is 14.1. The Balaban J connectivity index is 3.17. The Morgan fingerprint density at radius 2 is 0.717 bits per heavy atom. The fourth-order valence-electron chi connectivity index (χ4n) is 6.34. The first-order valence-corrected chi connectivity index (χ1v) is 20.7. The van der Waals surface area contributed by atoms with E-state index in [9.17, 15) is 9.59 Å². The average Bonchev–Trinajstić information content (AvgIpc) is 3.04. The first-order chi connectivity index (χ1) is 22.7. The number of carboxylic acid groups (broad SMARTS) is 1. The van der Waals surface area contributed by atoms with Crippen molar-refractivity contribution in [2.45, 2.75) is 238 Å². The summed E-state index contributed by atoms with van der Waals surface area (Å²) in [6, 6.07) is 0. The monoisotopic (exact) mass is 649 g/mol. The van der Waals surface area contributed by atoms with Gasteiger partial charge in [0.15, 0.2) is 0 Å². The minimum absolute atomic E-state index is 0.00679. The van der Waals surface area contributed by atoms with Crippen LogP contribution >= 0.6 is 0 Å². The van der Waals surface area contributed by atoms with Gasteiger partial charge in [-0.25, -0.2) is 0 Å². The first kappa shape index (κ1) is 44.7. The molecule has 0 rings (SSSR count). The molecular formula is C42H80O4. The highest BCUT2D eigenvalue weighted by atomic mass is 16.5. The van der Waals surface area contributed by atoms with Crippen molar-refractivity contribution >= 4 is 11.9 Å². The van der Waals surface area contributed by atoms with Crippen molar-refractivity contribution in [2.75, 3.05) is 6.61 Å². The molecule has 272 valence electrons. The molecule has 0 amide bonds. The lowest BCUT2D eigenvalue weighted by Gasteiger charge is -2.06. The fraction of sp³-hybridized carbons (Fsp3) is 0.905. The molecule has 46 heavy (non-hydrogen) atoms. The van der Waals surface area contributed by atoms with Gasteiger partial charge in [-0.05, 0) is 44.9 Å². The van der Waals surface area contributed by atoms with Gasteiger partial charge in [0.05, 0.1) is 6.61 Å². The van der Waals surface area contributed by atoms with Crippen LogP contribution in [0.15, 0.2) is 12.2 Å². The number of carbonyl (C=O) groups is 2. The second-order valence-electron chi connectivity index (χ2n) is 14.1. The van der Waals surface area contributed by atoms with Crippen molar-refractivity contribution in [1.29, 1.82) is 0 Å². The van der Waals surface area contributed by atoms with Crippen LogP contribution in [0.4, 0.5) is 0 Å². The predicted octanol–water partition coefficient (Wildman–Crippen LogP) is 14.2. The van der Waals surface area contributed by atoms with E-state index in [0.717, 1.165) is 32.1 Å². The molecule has 0 saturated heterocycles. The number of hydrogen-bond donors (Lipinski definition) is 1. The number of esters is 1. The number of unbranched alkanes of at least 4 members (excludes halogenated alkanes) is 31. The normalized spacial score (nSPS) is 11.5. The van der Waals surface area contributed by atoms with Gasteiger partial charge in [0.25, 0.3) is 0 Å². The van der Waals surface area contributed by atoms with E-state index >= 15 is 0 Å². The zero-order valence-electron chi connectivity index (χ0n) is 31.0. The summed E-state index contributed by atoms with van der Waals surface area (Å²) in [6.07, 6.45) is 49.6. The number of carbonyl (C=O) groups excluding carboxylic acids is 1. The van der Waals surface area contributed by atoms with Crippen molar-refractivity contribution in [3.8, 4) is 0 Å². The van der Waals surface area contributed by atoms with Crippen LogP contribution in [-0.4, -0.2) is 23.7 Å². The minimum Gasteiger partial charge on any atom is -0.481 e. The average molecular weight is 649 g/mol. The lowest BCUT2D eigenvalue weighted by molar-refractivity contribution is -0.144. The van der Waals surface area contributed by atoms with E-state index in [1.165, 1.54) is 186 Å². The Kier molecular flexibility index (Phi) is 38.7. The highest BCUT2D eigenvalue weighted by Gasteiger charge is 2.03. The number of carboxylic acids is 1. The van der Waals surface area contributed by atoms with E-state index in [2.05, 4.69) is 19.1 Å². The zero-order chi connectivity index (χ0) is 33.4. The summed E-state index contributed by atoms with van der Waals surface area (Å²) >= 11 is 0. The van der Waals surface area contributed by atoms with Crippen LogP contribution in [0.5, 0.6) is 0 Å². The van der Waals surface area contributed by atoms with Gasteiger partial charge >= 0.3 is 11.9 Å². The molecule has 0 bridgehead atoms. The molecule has 1 N–H and O–H groups in total. The molecule has 0 heterocycles. The van der Waals surface area contributed by atoms with Gasteiger partial charge in [-0.3, -0.25) is 9.59 Å². The van der Waals surface area contributed by atoms with E-state index in [-0.39, 0.29) is 5.97 Å². The molecule has 0 spiro atoms. The smallest absolute Gasteiger partial charge is 0.305 e. The lowest BCUT2D eigenvalue weighted by atomic mass is 10.0. The summed E-state index contributed by atoms with van der Waals surface area (Å²) < 4.78 is 5.45. The van der Waals surface area contributed by atoms with E-state index in [0.29, 0.717) is 19.4 Å². The summed E-state index contributed by atoms with van der Waals surface area (Å²) in [5.41, 5.74) is 0. The summed E-state index contributed by atoms with van der Waals surface area (Å²) in [4.78, 5) is 22.5. The largest absolute Gasteiger partial charge is 0.481 e. The highest BCUT2D eigenvalue weighted by molar-refractivity contribution is 5.69. The lowest BCUT2D eigenvalue weighted by Crippen LogP contribution is -2.05. The summed E-state index contributed by atoms with van der Waals surface area (Å²) in [5, 5.41) is 8.64. The van der Waals surface area contributed by atoms with E-state index < -0.39 is 5.97 Å². The molecule has 0 aromatic rings. The van der Waals surface area contributed by atoms with Gasteiger partial charge in [-0.2, -0.15) is 0 Å². The summed E-state index contributed by atoms with van der Waals surface area (Å²) in [5.74, 6) is -0.651. The van der Waals surface area contributed by atoms with Gasteiger partial charge in [-0.1, -0.05) is 192 Å². The Hall–Kier alpha value is -1.32. The fourth-order valence-corrected chi connectivity index (χ4v) is 6.34. The molecule has 0 unspecified atom stereocenters. The first-order valence-electron chi connectivity index (χ1n) is 20.7. The maximum Gasteiger partial charge on any atom is 0.305 e. The Morgan fingerprint density at radius 3 is 1.09 bits per heavy atom. The summed E-state index contributed by atoms with van der Waals surface area (Å²) in [6.45, 7) is 2.89. The minimum atomic E-state index is -0.658. The molecule has 0 radical (unpaired) electrons. The number of hydrogen-bond acceptors (Lipinski definition) is 3. The van der Waals surface area contributed by atoms with Crippen molar-refractivity contribution in [3.63, 3.8) is 0 Å². The summed E-state index contributed by atoms with van der Waals surface area (Å²) in [7, 11) is 0. The Bertz CT molecular complexity index is 644. The Labute approximate surface area is 287 Å². The molecule has 0 aliphatic rings. The van der Waals surface area contributed by atoms with E-state index in [1.807, 2.05) is 0 Å². The van der Waals surface area contributed by atoms with E-state index in [4.69, 9.17) is 9.84 Å². The third-order valence-electron chi connectivity index (χ3n) is 9.44. The number of allylic oxidation sites excluding steroid dienone is 2. The van der Waals surface area contributed by atoms with E-state index in [1.54, 1.807) is 0 Å². The molecule has 0 aromatic heterocycles. The van der Waals surface area contributed by atoms with Gasteiger partial charge in [-0.15, -0.1) is 0 Å². The zero-order valence-corrected chi connectivity index (χ0v) is 31.0. The van der Waals surface area contributed by atoms with Crippen molar-refractivity contribution < 1.29 is 19.4 Å². The molecule has 0 aromatic carbocycles. The number of ether oxygens (including phenoxy) is 1. The van der Waals surface area contributed by atoms with Crippen LogP contribution < -0.4 is 0 Å². The third kappa shape index (κ3) is 40.7. The Morgan fingerprint density at radius 1 is 0.413 bits per heavy atom. The van der Waals surface area contributed by atoms with Gasteiger partial charge in [0, 0.05) is 12.8 Å². The van der Waals surface area contributed by atoms with Crippen LogP contribution in [0.1, 0.15) is 238 Å². The molecule has 0 atom stereocenters. The third-order valence-corrected chi connectivity index (χ3v) is 9.44. The standard InChI is InChI=1S/C42H80O4/c1-2-3-4-5-6-7-8-9-17-21-24-27-30-33-36-39-42(45)46-40-37-34-31-28-25-22-19-16-14-12-10-11-13-15-18-20-23-26-29-32-35-38-41(43)44/h9,17H,2-8,10-16,18-40H2,1H3,(H,43,44)/b17-9-. The quantitative estimate of drug-likeness (QED) is 0.0409. The van der Waals surface area contributed by atoms with Crippen LogP contribution in [0, 0.1) is 0 Å². The van der Waals surface area contributed by atoms with Gasteiger partial charge in [0.2, 0.25) is 0 Å². The van der Waals surface area contributed by atoms with Crippen LogP contribution in [0.2, 0.25) is 0 Å². The van der Waals surface area contributed by atoms with Gasteiger partial charge < -0.3 is 9.84 Å². The maximum atomic E-state index is 12.0. The molecule has 0 saturated carbocycles. The topological polar surface area (TPSA) is 63.6 Å². The second kappa shape index (κ2) is 39.9. The number of aliphatic carboxylic acids is 1. The van der Waals surface area contributed by atoms with Crippen LogP contribution in [-0.2, 0) is 14.3 Å². The van der Waals surface area contributed by atoms with Gasteiger partial charge in [0.1, 0.15) is 0 Å². The van der Waals surface area contributed by atoms with Crippen LogP contribution in [0.25, 0.3) is 0 Å². The van der Waals surface area contributed by atoms with Crippen molar-refractivity contribution in [2.24, 2.45) is 0 Å². The molecule has 0 aliphatic carbocycles. The maximum absolute atomic E-state index is 12.0. The molecule has 4 heteroatoms. The molecule has 0 aliphatic heterocycles. The highest BCUT2D eigenvalue weighted by Crippen LogP contribution is 2.16. The van der Waals surface area contributed by atoms with Crippen molar-refractivity contribution in [3.05, 3.63) is 12.2 Å². The predicted molar refractivity (Wildman–Crippen MR) is 200 cm³/mol. The molecular weight excluding hydrogens is 568 g/mol. The molecule has 0 fully saturated rings. The molecule has 4 nitrogen and oxygen atoms in total. The SMILES string of the molecule is CCCCCCCC/C=C\CCCCCCCC(=O)OCCCCCCCCCCCCCCCCCCCCCCCC(=O)O. The number of rotatable bonds is 39.